The molecule has 2 rings (SSSR count). The molecule has 0 saturated carbocycles. The van der Waals surface area contributed by atoms with Crippen LogP contribution in [0.1, 0.15) is 31.7 Å². The van der Waals surface area contributed by atoms with Crippen LogP contribution in [-0.2, 0) is 6.54 Å². The second kappa shape index (κ2) is 5.66. The minimum absolute atomic E-state index is 0.943. The van der Waals surface area contributed by atoms with Crippen molar-refractivity contribution in [3.05, 3.63) is 30.0 Å². The molecule has 2 aromatic rings. The van der Waals surface area contributed by atoms with Gasteiger partial charge in [-0.15, -0.1) is 0 Å². The Morgan fingerprint density at radius 1 is 1.31 bits per heavy atom. The van der Waals surface area contributed by atoms with Gasteiger partial charge in [0.05, 0.1) is 11.7 Å². The average molecular weight is 217 g/mol. The lowest BCUT2D eigenvalue weighted by Crippen LogP contribution is -2.14. The second-order valence-corrected chi connectivity index (χ2v) is 4.18. The van der Waals surface area contributed by atoms with Gasteiger partial charge in [-0.3, -0.25) is 5.10 Å². The average Bonchev–Trinajstić information content (AvgIpc) is 2.76. The topological polar surface area (TPSA) is 40.7 Å². The highest BCUT2D eigenvalue weighted by Crippen LogP contribution is 2.12. The van der Waals surface area contributed by atoms with E-state index in [1.807, 2.05) is 6.20 Å². The fourth-order valence-electron chi connectivity index (χ4n) is 1.83. The summed E-state index contributed by atoms with van der Waals surface area (Å²) in [5.74, 6) is 0. The summed E-state index contributed by atoms with van der Waals surface area (Å²) < 4.78 is 0. The predicted octanol–water partition coefficient (Wildman–Crippen LogP) is 2.84. The minimum atomic E-state index is 0.943. The van der Waals surface area contributed by atoms with Crippen molar-refractivity contribution in [3.63, 3.8) is 0 Å². The normalized spacial score (nSPS) is 11.1. The van der Waals surface area contributed by atoms with Crippen molar-refractivity contribution >= 4 is 10.9 Å². The van der Waals surface area contributed by atoms with Crippen molar-refractivity contribution in [2.75, 3.05) is 6.54 Å². The monoisotopic (exact) mass is 217 g/mol. The number of aromatic nitrogens is 2. The molecular formula is C13H19N3. The Kier molecular flexibility index (Phi) is 3.94. The minimum Gasteiger partial charge on any atom is -0.313 e. The largest absolute Gasteiger partial charge is 0.313 e. The van der Waals surface area contributed by atoms with Crippen LogP contribution in [0.25, 0.3) is 10.9 Å². The summed E-state index contributed by atoms with van der Waals surface area (Å²) in [4.78, 5) is 0. The zero-order valence-electron chi connectivity index (χ0n) is 9.79. The maximum absolute atomic E-state index is 4.02. The lowest BCUT2D eigenvalue weighted by atomic mass is 10.1. The zero-order chi connectivity index (χ0) is 11.2. The molecule has 2 N–H and O–H groups in total. The molecule has 0 amide bonds. The van der Waals surface area contributed by atoms with Crippen LogP contribution in [0.4, 0.5) is 0 Å². The summed E-state index contributed by atoms with van der Waals surface area (Å²) in [5.41, 5.74) is 2.43. The standard InChI is InChI=1S/C13H19N3/c1-2-3-4-7-14-9-11-5-6-12-10-15-16-13(12)8-11/h5-6,8,10,14H,2-4,7,9H2,1H3,(H,15,16). The summed E-state index contributed by atoms with van der Waals surface area (Å²) in [6.07, 6.45) is 5.71. The van der Waals surface area contributed by atoms with E-state index in [2.05, 4.69) is 40.6 Å². The molecule has 0 aliphatic rings. The number of benzene rings is 1. The van der Waals surface area contributed by atoms with Crippen molar-refractivity contribution in [2.24, 2.45) is 0 Å². The van der Waals surface area contributed by atoms with Crippen LogP contribution in [-0.4, -0.2) is 16.7 Å². The van der Waals surface area contributed by atoms with Gasteiger partial charge in [0.2, 0.25) is 0 Å². The van der Waals surface area contributed by atoms with Gasteiger partial charge in [-0.05, 0) is 24.6 Å². The first kappa shape index (κ1) is 11.1. The van der Waals surface area contributed by atoms with Gasteiger partial charge in [0.25, 0.3) is 0 Å². The molecule has 16 heavy (non-hydrogen) atoms. The van der Waals surface area contributed by atoms with Crippen molar-refractivity contribution in [1.82, 2.24) is 15.5 Å². The van der Waals surface area contributed by atoms with Gasteiger partial charge in [-0.25, -0.2) is 0 Å². The molecule has 0 bridgehead atoms. The Bertz CT molecular complexity index is 433. The molecule has 0 fully saturated rings. The fourth-order valence-corrected chi connectivity index (χ4v) is 1.83. The molecule has 0 aliphatic carbocycles. The zero-order valence-corrected chi connectivity index (χ0v) is 9.79. The first-order valence-electron chi connectivity index (χ1n) is 6.03. The molecule has 0 spiro atoms. The summed E-state index contributed by atoms with van der Waals surface area (Å²) >= 11 is 0. The third kappa shape index (κ3) is 2.83. The number of hydrogen-bond acceptors (Lipinski definition) is 2. The van der Waals surface area contributed by atoms with Gasteiger partial charge >= 0.3 is 0 Å². The van der Waals surface area contributed by atoms with E-state index in [-0.39, 0.29) is 0 Å². The van der Waals surface area contributed by atoms with Crippen molar-refractivity contribution < 1.29 is 0 Å². The highest BCUT2D eigenvalue weighted by atomic mass is 15.1. The molecule has 0 atom stereocenters. The summed E-state index contributed by atoms with van der Waals surface area (Å²) in [6.45, 7) is 4.28. The van der Waals surface area contributed by atoms with Gasteiger partial charge in [0.1, 0.15) is 0 Å². The number of fused-ring (bicyclic) bond motifs is 1. The third-order valence-corrected chi connectivity index (χ3v) is 2.79. The molecule has 0 saturated heterocycles. The van der Waals surface area contributed by atoms with E-state index < -0.39 is 0 Å². The maximum atomic E-state index is 4.02. The van der Waals surface area contributed by atoms with E-state index in [1.165, 1.54) is 30.2 Å². The number of H-pyrrole nitrogens is 1. The summed E-state index contributed by atoms with van der Waals surface area (Å²) in [7, 11) is 0. The lowest BCUT2D eigenvalue weighted by Gasteiger charge is -2.04. The van der Waals surface area contributed by atoms with Crippen LogP contribution in [0.3, 0.4) is 0 Å². The lowest BCUT2D eigenvalue weighted by molar-refractivity contribution is 0.617. The third-order valence-electron chi connectivity index (χ3n) is 2.79. The molecule has 86 valence electrons. The van der Waals surface area contributed by atoms with E-state index in [0.29, 0.717) is 0 Å². The van der Waals surface area contributed by atoms with E-state index >= 15 is 0 Å². The number of aromatic amines is 1. The van der Waals surface area contributed by atoms with E-state index in [9.17, 15) is 0 Å². The molecule has 3 nitrogen and oxygen atoms in total. The van der Waals surface area contributed by atoms with Gasteiger partial charge in [-0.1, -0.05) is 31.9 Å². The van der Waals surface area contributed by atoms with E-state index in [4.69, 9.17) is 0 Å². The molecule has 1 aromatic heterocycles. The quantitative estimate of drug-likeness (QED) is 0.730. The number of nitrogens with zero attached hydrogens (tertiary/aromatic N) is 1. The Morgan fingerprint density at radius 2 is 2.25 bits per heavy atom. The summed E-state index contributed by atoms with van der Waals surface area (Å²) in [6, 6.07) is 6.43. The van der Waals surface area contributed by atoms with Crippen molar-refractivity contribution in [1.29, 1.82) is 0 Å². The molecule has 0 radical (unpaired) electrons. The van der Waals surface area contributed by atoms with E-state index in [1.54, 1.807) is 0 Å². The number of rotatable bonds is 6. The van der Waals surface area contributed by atoms with Crippen molar-refractivity contribution in [3.8, 4) is 0 Å². The van der Waals surface area contributed by atoms with Gasteiger partial charge in [0, 0.05) is 11.9 Å². The molecule has 1 aromatic carbocycles. The number of hydrogen-bond donors (Lipinski definition) is 2. The van der Waals surface area contributed by atoms with Crippen LogP contribution in [0.2, 0.25) is 0 Å². The van der Waals surface area contributed by atoms with Gasteiger partial charge < -0.3 is 5.32 Å². The highest BCUT2D eigenvalue weighted by Gasteiger charge is 1.97. The molecule has 0 unspecified atom stereocenters. The van der Waals surface area contributed by atoms with Crippen LogP contribution < -0.4 is 5.32 Å². The smallest absolute Gasteiger partial charge is 0.0653 e. The fraction of sp³-hybridized carbons (Fsp3) is 0.462. The Morgan fingerprint density at radius 3 is 3.12 bits per heavy atom. The van der Waals surface area contributed by atoms with Crippen LogP contribution in [0, 0.1) is 0 Å². The predicted molar refractivity (Wildman–Crippen MR) is 67.3 cm³/mol. The maximum Gasteiger partial charge on any atom is 0.0653 e. The van der Waals surface area contributed by atoms with Gasteiger partial charge in [-0.2, -0.15) is 5.10 Å². The van der Waals surface area contributed by atoms with Crippen LogP contribution in [0.15, 0.2) is 24.4 Å². The SMILES string of the molecule is CCCCCNCc1ccc2cn[nH]c2c1. The van der Waals surface area contributed by atoms with Crippen molar-refractivity contribution in [2.45, 2.75) is 32.7 Å². The Balaban J connectivity index is 1.84. The molecule has 0 aliphatic heterocycles. The Hall–Kier alpha value is -1.35. The van der Waals surface area contributed by atoms with E-state index in [0.717, 1.165) is 18.6 Å². The van der Waals surface area contributed by atoms with Crippen LogP contribution >= 0.6 is 0 Å². The number of nitrogens with one attached hydrogen (secondary N) is 2. The molecule has 3 heteroatoms. The highest BCUT2D eigenvalue weighted by molar-refractivity contribution is 5.78. The van der Waals surface area contributed by atoms with Gasteiger partial charge in [0.15, 0.2) is 0 Å². The first-order chi connectivity index (χ1) is 7.90. The molecule has 1 heterocycles. The Labute approximate surface area is 96.2 Å². The summed E-state index contributed by atoms with van der Waals surface area (Å²) in [5, 5.41) is 11.6. The molecular weight excluding hydrogens is 198 g/mol. The van der Waals surface area contributed by atoms with Crippen LogP contribution in [0.5, 0.6) is 0 Å². The first-order valence-corrected chi connectivity index (χ1v) is 6.03. The second-order valence-electron chi connectivity index (χ2n) is 4.18. The number of unbranched alkanes of at least 4 members (excludes halogenated alkanes) is 2.